The van der Waals surface area contributed by atoms with Crippen molar-refractivity contribution in [2.45, 2.75) is 452 Å². The van der Waals surface area contributed by atoms with E-state index in [2.05, 4.69) is 67.8 Å². The van der Waals surface area contributed by atoms with Gasteiger partial charge in [-0.1, -0.05) is 344 Å². The van der Waals surface area contributed by atoms with Gasteiger partial charge in [-0.15, -0.1) is 0 Å². The third kappa shape index (κ3) is 45.6. The van der Waals surface area contributed by atoms with Crippen LogP contribution >= 0.6 is 0 Å². The molecule has 0 saturated carbocycles. The van der Waals surface area contributed by atoms with Gasteiger partial charge in [0.1, 0.15) is 73.2 Å². The number of rotatable bonds is 69. The maximum absolute atomic E-state index is 13.5. The fourth-order valence-electron chi connectivity index (χ4n) is 14.5. The summed E-state index contributed by atoms with van der Waals surface area (Å²) < 4.78 is 34.5. The van der Waals surface area contributed by atoms with E-state index >= 15 is 0 Å². The lowest BCUT2D eigenvalue weighted by atomic mass is 9.96. The summed E-state index contributed by atoms with van der Waals surface area (Å²) in [6.07, 6.45) is 59.3. The second-order valence-electron chi connectivity index (χ2n) is 30.6. The molecule has 0 bridgehead atoms. The molecule has 17 atom stereocenters. The van der Waals surface area contributed by atoms with E-state index in [9.17, 15) is 61.0 Å². The molecular weight excluding hydrogens is 1330 g/mol. The Morgan fingerprint density at radius 2 is 0.657 bits per heavy atom. The summed E-state index contributed by atoms with van der Waals surface area (Å²) in [4.78, 5) is 13.5. The van der Waals surface area contributed by atoms with Crippen molar-refractivity contribution in [1.29, 1.82) is 0 Å². The predicted molar refractivity (Wildman–Crippen MR) is 420 cm³/mol. The number of ether oxygens (including phenoxy) is 6. The molecule has 19 nitrogen and oxygen atoms in total. The highest BCUT2D eigenvalue weighted by molar-refractivity contribution is 5.76. The van der Waals surface area contributed by atoms with Crippen molar-refractivity contribution in [3.8, 4) is 0 Å². The average molecular weight is 1490 g/mol. The molecule has 3 heterocycles. The number of carbonyl (C=O) groups is 1. The number of aliphatic hydroxyl groups excluding tert-OH is 11. The van der Waals surface area contributed by atoms with Gasteiger partial charge in [0.2, 0.25) is 5.91 Å². The lowest BCUT2D eigenvalue weighted by Gasteiger charge is -2.48. The highest BCUT2D eigenvalue weighted by Crippen LogP contribution is 2.33. The van der Waals surface area contributed by atoms with Crippen LogP contribution in [0.1, 0.15) is 348 Å². The zero-order valence-electron chi connectivity index (χ0n) is 66.0. The zero-order chi connectivity index (χ0) is 76.0. The van der Waals surface area contributed by atoms with Crippen molar-refractivity contribution < 1.29 is 89.4 Å². The van der Waals surface area contributed by atoms with E-state index in [-0.39, 0.29) is 18.9 Å². The Kier molecular flexibility index (Phi) is 60.9. The van der Waals surface area contributed by atoms with Gasteiger partial charge in [0.25, 0.3) is 0 Å². The predicted octanol–water partition coefficient (Wildman–Crippen LogP) is 15.4. The van der Waals surface area contributed by atoms with Crippen molar-refractivity contribution in [2.24, 2.45) is 0 Å². The van der Waals surface area contributed by atoms with E-state index in [0.29, 0.717) is 6.42 Å². The van der Waals surface area contributed by atoms with Gasteiger partial charge >= 0.3 is 0 Å². The Morgan fingerprint density at radius 3 is 1.03 bits per heavy atom. The van der Waals surface area contributed by atoms with Crippen LogP contribution in [0.5, 0.6) is 0 Å². The number of amides is 1. The molecular formula is C86H157NO18. The lowest BCUT2D eigenvalue weighted by Crippen LogP contribution is -2.66. The Hall–Kier alpha value is -2.51. The number of carbonyl (C=O) groups excluding carboxylic acids is 1. The summed E-state index contributed by atoms with van der Waals surface area (Å²) in [7, 11) is 0. The number of allylic oxidation sites excluding steroid dienone is 9. The number of unbranched alkanes of at least 4 members (excludes halogenated alkanes) is 45. The van der Waals surface area contributed by atoms with E-state index < -0.39 is 124 Å². The minimum absolute atomic E-state index is 0.243. The molecule has 0 aromatic rings. The van der Waals surface area contributed by atoms with Crippen molar-refractivity contribution >= 4 is 5.91 Å². The van der Waals surface area contributed by atoms with E-state index in [1.807, 2.05) is 6.08 Å². The van der Waals surface area contributed by atoms with Crippen LogP contribution in [0.4, 0.5) is 0 Å². The lowest BCUT2D eigenvalue weighted by molar-refractivity contribution is -0.379. The van der Waals surface area contributed by atoms with E-state index in [4.69, 9.17) is 28.4 Å². The van der Waals surface area contributed by atoms with Crippen LogP contribution in [0.3, 0.4) is 0 Å². The molecule has 3 aliphatic heterocycles. The molecule has 0 spiro atoms. The van der Waals surface area contributed by atoms with Gasteiger partial charge in [-0.05, 0) is 57.8 Å². The van der Waals surface area contributed by atoms with Gasteiger partial charge in [0.05, 0.1) is 38.6 Å². The molecule has 19 heteroatoms. The van der Waals surface area contributed by atoms with E-state index in [1.165, 1.54) is 250 Å². The smallest absolute Gasteiger partial charge is 0.220 e. The van der Waals surface area contributed by atoms with Crippen molar-refractivity contribution in [3.05, 3.63) is 60.8 Å². The van der Waals surface area contributed by atoms with Gasteiger partial charge in [-0.25, -0.2) is 0 Å². The molecule has 614 valence electrons. The van der Waals surface area contributed by atoms with Crippen LogP contribution in [0.15, 0.2) is 60.8 Å². The Labute approximate surface area is 636 Å². The zero-order valence-corrected chi connectivity index (χ0v) is 66.0. The molecule has 12 N–H and O–H groups in total. The largest absolute Gasteiger partial charge is 0.394 e. The first kappa shape index (κ1) is 96.7. The number of aliphatic hydroxyl groups is 11. The Bertz CT molecular complexity index is 2130. The van der Waals surface area contributed by atoms with Gasteiger partial charge in [-0.2, -0.15) is 0 Å². The minimum Gasteiger partial charge on any atom is -0.394 e. The molecule has 0 aromatic carbocycles. The summed E-state index contributed by atoms with van der Waals surface area (Å²) in [5, 5.41) is 121. The van der Waals surface area contributed by atoms with E-state index in [0.717, 1.165) is 70.6 Å². The van der Waals surface area contributed by atoms with Crippen LogP contribution in [-0.2, 0) is 33.2 Å². The quantitative estimate of drug-likeness (QED) is 0.0199. The number of hydrogen-bond donors (Lipinski definition) is 12. The summed E-state index contributed by atoms with van der Waals surface area (Å²) in [6.45, 7) is 1.68. The fourth-order valence-corrected chi connectivity index (χ4v) is 14.5. The van der Waals surface area contributed by atoms with Gasteiger partial charge < -0.3 is 89.9 Å². The molecule has 3 rings (SSSR count). The van der Waals surface area contributed by atoms with Gasteiger partial charge in [0.15, 0.2) is 18.9 Å². The van der Waals surface area contributed by atoms with Crippen molar-refractivity contribution in [1.82, 2.24) is 5.32 Å². The van der Waals surface area contributed by atoms with Crippen LogP contribution in [0, 0.1) is 0 Å². The van der Waals surface area contributed by atoms with Gasteiger partial charge in [-0.3, -0.25) is 4.79 Å². The maximum Gasteiger partial charge on any atom is 0.220 e. The minimum atomic E-state index is -1.98. The molecule has 0 aromatic heterocycles. The molecule has 3 saturated heterocycles. The first-order valence-corrected chi connectivity index (χ1v) is 43.0. The topological polar surface area (TPSA) is 307 Å². The monoisotopic (exact) mass is 1490 g/mol. The van der Waals surface area contributed by atoms with Crippen molar-refractivity contribution in [3.63, 3.8) is 0 Å². The first-order valence-electron chi connectivity index (χ1n) is 43.0. The SMILES string of the molecule is CC/C=C\C/C=C\C/C=C\C/C=C\CCCCCCCCCCCCCCCCCCC(=O)NC(COC1OC(CO)C(OC2OC(CO)C(OC3OC(CO)C(O)C(O)C3O)C(O)C2O)C(O)C1O)C(O)/C=C/CCCCCCCCCCCCCCCCCCCCCCCCCCCCCCC. The summed E-state index contributed by atoms with van der Waals surface area (Å²) >= 11 is 0. The molecule has 105 heavy (non-hydrogen) atoms. The number of nitrogens with one attached hydrogen (secondary N) is 1. The summed E-state index contributed by atoms with van der Waals surface area (Å²) in [5.74, 6) is -0.272. The van der Waals surface area contributed by atoms with E-state index in [1.54, 1.807) is 6.08 Å². The highest BCUT2D eigenvalue weighted by atomic mass is 16.8. The third-order valence-corrected chi connectivity index (χ3v) is 21.3. The molecule has 3 aliphatic rings. The maximum atomic E-state index is 13.5. The Balaban J connectivity index is 1.35. The van der Waals surface area contributed by atoms with Crippen molar-refractivity contribution in [2.75, 3.05) is 26.4 Å². The third-order valence-electron chi connectivity index (χ3n) is 21.3. The van der Waals surface area contributed by atoms with Crippen LogP contribution in [0.25, 0.3) is 0 Å². The molecule has 3 fully saturated rings. The average Bonchev–Trinajstić information content (AvgIpc) is 0.781. The standard InChI is InChI=1S/C86H157NO18/c1-3-5-7-9-11-13-15-17-19-21-23-25-27-29-31-33-34-36-37-39-41-43-45-47-49-51-53-55-57-59-61-63-70(91)69(87-74(92)64-62-60-58-56-54-52-50-48-46-44-42-40-38-35-32-30-28-26-24-22-20-18-16-14-12-10-8-6-4-2)68-100-84-80(98)77(95)82(72(66-89)102-84)105-86-81(99)78(96)83(73(67-90)103-86)104-85-79(97)76(94)75(93)71(65-88)101-85/h6,8,12,14,18,20,24,26,61,63,69-73,75-86,88-91,93-99H,3-5,7,9-11,13,15-17,19,21-23,25,27-60,62,64-68H2,1-2H3,(H,87,92)/b8-6-,14-12-,20-18-,26-24-,63-61+. The summed E-state index contributed by atoms with van der Waals surface area (Å²) in [6, 6.07) is -0.977. The Morgan fingerprint density at radius 1 is 0.352 bits per heavy atom. The van der Waals surface area contributed by atoms with Gasteiger partial charge in [0, 0.05) is 6.42 Å². The highest BCUT2D eigenvalue weighted by Gasteiger charge is 2.54. The van der Waals surface area contributed by atoms with Crippen LogP contribution < -0.4 is 5.32 Å². The van der Waals surface area contributed by atoms with Crippen LogP contribution in [0.2, 0.25) is 0 Å². The number of hydrogen-bond acceptors (Lipinski definition) is 18. The molecule has 1 amide bonds. The second kappa shape index (κ2) is 66.1. The normalized spacial score (nSPS) is 26.0. The summed E-state index contributed by atoms with van der Waals surface area (Å²) in [5.41, 5.74) is 0. The molecule has 0 aliphatic carbocycles. The molecule has 0 radical (unpaired) electrons. The fraction of sp³-hybridized carbons (Fsp3) is 0.872. The second-order valence-corrected chi connectivity index (χ2v) is 30.6. The van der Waals surface area contributed by atoms with Crippen LogP contribution in [-0.4, -0.2) is 193 Å². The molecule has 17 unspecified atom stereocenters. The first-order chi connectivity index (χ1) is 51.3.